The molecule has 0 saturated carbocycles. The van der Waals surface area contributed by atoms with E-state index in [0.717, 1.165) is 44.7 Å². The molecule has 1 N–H and O–H groups in total. The molecule has 2 fully saturated rings. The van der Waals surface area contributed by atoms with Crippen LogP contribution in [0, 0.1) is 5.95 Å². The van der Waals surface area contributed by atoms with Crippen LogP contribution in [0.15, 0.2) is 18.2 Å². The number of nitrogens with zero attached hydrogens (tertiary/aromatic N) is 4. The van der Waals surface area contributed by atoms with E-state index in [2.05, 4.69) is 60.9 Å². The third-order valence-electron chi connectivity index (χ3n) is 6.77. The normalized spacial score (nSPS) is 25.9. The average molecular weight is 419 g/mol. The molecule has 0 bridgehead atoms. The van der Waals surface area contributed by atoms with Crippen LogP contribution in [-0.4, -0.2) is 79.3 Å². The molecule has 0 aliphatic carbocycles. The molecule has 0 aromatic carbocycles. The van der Waals surface area contributed by atoms with Crippen LogP contribution in [0.4, 0.5) is 10.1 Å². The average Bonchev–Trinajstić information content (AvgIpc) is 3.14. The van der Waals surface area contributed by atoms with Gasteiger partial charge in [-0.15, -0.1) is 0 Å². The van der Waals surface area contributed by atoms with Crippen molar-refractivity contribution in [2.24, 2.45) is 0 Å². The Morgan fingerprint density at radius 1 is 1.27 bits per heavy atom. The van der Waals surface area contributed by atoms with E-state index in [9.17, 15) is 4.39 Å². The van der Waals surface area contributed by atoms with Crippen molar-refractivity contribution in [3.8, 4) is 0 Å². The summed E-state index contributed by atoms with van der Waals surface area (Å²) in [7, 11) is 2.37. The minimum Gasteiger partial charge on any atom is -0.381 e. The number of quaternary nitrogens is 1. The topological polar surface area (TPSA) is 31.4 Å². The summed E-state index contributed by atoms with van der Waals surface area (Å²) in [5.41, 5.74) is 2.26. The van der Waals surface area contributed by atoms with E-state index in [0.29, 0.717) is 17.4 Å². The summed E-state index contributed by atoms with van der Waals surface area (Å²) >= 11 is 0. The fourth-order valence-corrected chi connectivity index (χ4v) is 4.72. The number of rotatable bonds is 8. The second-order valence-corrected chi connectivity index (χ2v) is 9.52. The van der Waals surface area contributed by atoms with E-state index in [1.165, 1.54) is 30.5 Å². The quantitative estimate of drug-likeness (QED) is 0.515. The van der Waals surface area contributed by atoms with E-state index >= 15 is 0 Å². The summed E-state index contributed by atoms with van der Waals surface area (Å²) < 4.78 is 16.2. The maximum Gasteiger partial charge on any atom is 0.237 e. The van der Waals surface area contributed by atoms with Crippen LogP contribution in [0.1, 0.15) is 52.7 Å². The monoisotopic (exact) mass is 418 g/mol. The summed E-state index contributed by atoms with van der Waals surface area (Å²) in [6, 6.07) is 4.84. The van der Waals surface area contributed by atoms with Gasteiger partial charge < -0.3 is 14.7 Å². The zero-order valence-corrected chi connectivity index (χ0v) is 19.6. The molecule has 2 atom stereocenters. The standard InChI is InChI=1S/C24H41FN5/c1-6-8-9-21(26-19(3)4)22-10-11-23(24(25)27-22)29-15-13-28(14-16-29)20-12-17-30(5,7-2)18-20/h9-11,19-20,26H,6-8,12-18H2,1-5H3/q+1/b21-9+. The number of pyridine rings is 1. The van der Waals surface area contributed by atoms with Crippen molar-refractivity contribution in [1.82, 2.24) is 15.2 Å². The Balaban J connectivity index is 1.64. The van der Waals surface area contributed by atoms with Crippen LogP contribution in [0.5, 0.6) is 0 Å². The van der Waals surface area contributed by atoms with Crippen LogP contribution in [-0.2, 0) is 0 Å². The molecule has 1 aromatic rings. The molecule has 1 aromatic heterocycles. The van der Waals surface area contributed by atoms with Crippen molar-refractivity contribution in [3.05, 3.63) is 29.9 Å². The number of piperazine rings is 1. The molecule has 3 rings (SSSR count). The molecule has 2 unspecified atom stereocenters. The Bertz CT molecular complexity index is 726. The lowest BCUT2D eigenvalue weighted by atomic mass is 10.1. The van der Waals surface area contributed by atoms with Gasteiger partial charge in [-0.2, -0.15) is 4.39 Å². The van der Waals surface area contributed by atoms with Gasteiger partial charge in [0.25, 0.3) is 0 Å². The van der Waals surface area contributed by atoms with Crippen molar-refractivity contribution < 1.29 is 8.87 Å². The maximum atomic E-state index is 15.0. The number of allylic oxidation sites excluding steroid dienone is 1. The fourth-order valence-electron chi connectivity index (χ4n) is 4.72. The summed E-state index contributed by atoms with van der Waals surface area (Å²) in [6.07, 6.45) is 5.43. The highest BCUT2D eigenvalue weighted by Crippen LogP contribution is 2.26. The summed E-state index contributed by atoms with van der Waals surface area (Å²) in [5, 5.41) is 3.42. The van der Waals surface area contributed by atoms with Gasteiger partial charge in [0, 0.05) is 38.6 Å². The molecular weight excluding hydrogens is 377 g/mol. The highest BCUT2D eigenvalue weighted by Gasteiger charge is 2.37. The first-order valence-corrected chi connectivity index (χ1v) is 11.8. The fraction of sp³-hybridized carbons (Fsp3) is 0.708. The molecule has 168 valence electrons. The lowest BCUT2D eigenvalue weighted by Gasteiger charge is -2.39. The third kappa shape index (κ3) is 5.52. The molecule has 30 heavy (non-hydrogen) atoms. The molecule has 2 aliphatic rings. The SMILES string of the molecule is CCC/C=C(/NC(C)C)c1ccc(N2CCN(C3CC[N+](C)(CC)C3)CC2)c(F)n1. The van der Waals surface area contributed by atoms with Crippen molar-refractivity contribution >= 4 is 11.4 Å². The van der Waals surface area contributed by atoms with Gasteiger partial charge in [0.15, 0.2) is 0 Å². The highest BCUT2D eigenvalue weighted by molar-refractivity contribution is 5.63. The molecule has 5 nitrogen and oxygen atoms in total. The highest BCUT2D eigenvalue weighted by atomic mass is 19.1. The first-order valence-electron chi connectivity index (χ1n) is 11.8. The van der Waals surface area contributed by atoms with Crippen LogP contribution in [0.3, 0.4) is 0 Å². The molecule has 6 heteroatoms. The molecule has 3 heterocycles. The molecule has 2 aliphatic heterocycles. The van der Waals surface area contributed by atoms with Gasteiger partial charge in [-0.05, 0) is 39.3 Å². The summed E-state index contributed by atoms with van der Waals surface area (Å²) in [4.78, 5) is 9.11. The van der Waals surface area contributed by atoms with Gasteiger partial charge in [0.1, 0.15) is 0 Å². The minimum absolute atomic E-state index is 0.287. The number of nitrogens with one attached hydrogen (secondary N) is 1. The number of halogens is 1. The molecule has 0 spiro atoms. The Kier molecular flexibility index (Phi) is 7.75. The first kappa shape index (κ1) is 23.0. The minimum atomic E-state index is -0.356. The number of unbranched alkanes of at least 4 members (excludes halogenated alkanes) is 1. The largest absolute Gasteiger partial charge is 0.381 e. The summed E-state index contributed by atoms with van der Waals surface area (Å²) in [6.45, 7) is 16.1. The molecule has 0 radical (unpaired) electrons. The lowest BCUT2D eigenvalue weighted by Crippen LogP contribution is -2.52. The number of hydrogen-bond donors (Lipinski definition) is 1. The number of anilines is 1. The number of likely N-dealkylation sites (tertiary alicyclic amines) is 1. The van der Waals surface area contributed by atoms with E-state index in [1.807, 2.05) is 12.1 Å². The Hall–Kier alpha value is -1.66. The van der Waals surface area contributed by atoms with Crippen LogP contribution in [0.25, 0.3) is 5.70 Å². The Morgan fingerprint density at radius 2 is 2.00 bits per heavy atom. The van der Waals surface area contributed by atoms with Gasteiger partial charge in [-0.3, -0.25) is 4.90 Å². The Labute approximate surface area is 182 Å². The maximum absolute atomic E-state index is 15.0. The second-order valence-electron chi connectivity index (χ2n) is 9.52. The van der Waals surface area contributed by atoms with Gasteiger partial charge in [0.05, 0.1) is 49.8 Å². The van der Waals surface area contributed by atoms with Gasteiger partial charge >= 0.3 is 0 Å². The number of hydrogen-bond acceptors (Lipinski definition) is 4. The van der Waals surface area contributed by atoms with Crippen LogP contribution < -0.4 is 10.2 Å². The Morgan fingerprint density at radius 3 is 2.57 bits per heavy atom. The summed E-state index contributed by atoms with van der Waals surface area (Å²) in [5.74, 6) is -0.356. The number of aromatic nitrogens is 1. The van der Waals surface area contributed by atoms with Crippen LogP contribution >= 0.6 is 0 Å². The van der Waals surface area contributed by atoms with E-state index < -0.39 is 0 Å². The van der Waals surface area contributed by atoms with Crippen LogP contribution in [0.2, 0.25) is 0 Å². The predicted octanol–water partition coefficient (Wildman–Crippen LogP) is 3.72. The molecule has 2 saturated heterocycles. The molecular formula is C24H41FN5+. The van der Waals surface area contributed by atoms with E-state index in [4.69, 9.17) is 0 Å². The first-order chi connectivity index (χ1) is 14.3. The smallest absolute Gasteiger partial charge is 0.237 e. The zero-order chi connectivity index (χ0) is 21.7. The lowest BCUT2D eigenvalue weighted by molar-refractivity contribution is -0.896. The van der Waals surface area contributed by atoms with Gasteiger partial charge in [-0.1, -0.05) is 19.4 Å². The van der Waals surface area contributed by atoms with Crippen molar-refractivity contribution in [2.45, 2.75) is 59.0 Å². The zero-order valence-electron chi connectivity index (χ0n) is 19.6. The van der Waals surface area contributed by atoms with Crippen molar-refractivity contribution in [1.29, 1.82) is 0 Å². The number of likely N-dealkylation sites (N-methyl/N-ethyl adjacent to an activating group) is 1. The van der Waals surface area contributed by atoms with Gasteiger partial charge in [-0.25, -0.2) is 4.98 Å². The van der Waals surface area contributed by atoms with E-state index in [-0.39, 0.29) is 12.0 Å². The van der Waals surface area contributed by atoms with Gasteiger partial charge in [0.2, 0.25) is 5.95 Å². The van der Waals surface area contributed by atoms with Crippen molar-refractivity contribution in [2.75, 3.05) is 57.8 Å². The third-order valence-corrected chi connectivity index (χ3v) is 6.77. The molecule has 0 amide bonds. The second kappa shape index (κ2) is 10.1. The predicted molar refractivity (Wildman–Crippen MR) is 124 cm³/mol. The van der Waals surface area contributed by atoms with E-state index in [1.54, 1.807) is 0 Å². The van der Waals surface area contributed by atoms with Crippen molar-refractivity contribution in [3.63, 3.8) is 0 Å².